The van der Waals surface area contributed by atoms with Crippen molar-refractivity contribution in [3.8, 4) is 0 Å². The topological polar surface area (TPSA) is 43.8 Å². The lowest BCUT2D eigenvalue weighted by molar-refractivity contribution is 0.228. The summed E-state index contributed by atoms with van der Waals surface area (Å²) in [5, 5.41) is 4.21. The molecule has 1 heterocycles. The Labute approximate surface area is 117 Å². The summed E-state index contributed by atoms with van der Waals surface area (Å²) in [6, 6.07) is 0.378. The highest BCUT2D eigenvalue weighted by atomic mass is 15.2. The largest absolute Gasteiger partial charge is 0.327 e. The number of nitrogens with zero attached hydrogens (tertiary/aromatic N) is 2. The van der Waals surface area contributed by atoms with Gasteiger partial charge in [-0.25, -0.2) is 0 Å². The van der Waals surface area contributed by atoms with E-state index in [0.29, 0.717) is 6.04 Å². The van der Waals surface area contributed by atoms with Gasteiger partial charge in [-0.05, 0) is 43.1 Å². The highest BCUT2D eigenvalue weighted by Gasteiger charge is 2.24. The molecule has 1 fully saturated rings. The number of hydrogen-bond donors (Lipinski definition) is 1. The summed E-state index contributed by atoms with van der Waals surface area (Å²) < 4.78 is 1.87. The Morgan fingerprint density at radius 1 is 1.37 bits per heavy atom. The molecular formula is C16H29N3. The first-order valence-electron chi connectivity index (χ1n) is 7.92. The van der Waals surface area contributed by atoms with Crippen LogP contribution in [0.15, 0.2) is 12.4 Å². The van der Waals surface area contributed by atoms with Crippen molar-refractivity contribution in [1.29, 1.82) is 0 Å². The molecule has 0 amide bonds. The summed E-state index contributed by atoms with van der Waals surface area (Å²) in [6.07, 6.45) is 14.5. The summed E-state index contributed by atoms with van der Waals surface area (Å²) in [6.45, 7) is 2.30. The molecular weight excluding hydrogens is 234 g/mol. The maximum absolute atomic E-state index is 6.40. The smallest absolute Gasteiger partial charge is 0.0521 e. The van der Waals surface area contributed by atoms with Crippen LogP contribution in [-0.4, -0.2) is 15.8 Å². The van der Waals surface area contributed by atoms with Crippen molar-refractivity contribution in [2.24, 2.45) is 24.6 Å². The minimum absolute atomic E-state index is 0.378. The van der Waals surface area contributed by atoms with E-state index in [4.69, 9.17) is 5.73 Å². The first-order chi connectivity index (χ1) is 9.19. The van der Waals surface area contributed by atoms with Gasteiger partial charge < -0.3 is 5.73 Å². The van der Waals surface area contributed by atoms with Crippen LogP contribution in [0.5, 0.6) is 0 Å². The summed E-state index contributed by atoms with van der Waals surface area (Å²) in [5.41, 5.74) is 7.71. The molecule has 0 aliphatic heterocycles. The van der Waals surface area contributed by atoms with Gasteiger partial charge >= 0.3 is 0 Å². The lowest BCUT2D eigenvalue weighted by Gasteiger charge is -2.32. The summed E-state index contributed by atoms with van der Waals surface area (Å²) in [5.74, 6) is 1.73. The molecule has 1 aliphatic rings. The summed E-state index contributed by atoms with van der Waals surface area (Å²) >= 11 is 0. The van der Waals surface area contributed by atoms with Crippen LogP contribution in [0.4, 0.5) is 0 Å². The van der Waals surface area contributed by atoms with Gasteiger partial charge in [-0.15, -0.1) is 0 Å². The third-order valence-corrected chi connectivity index (χ3v) is 4.72. The number of aromatic nitrogens is 2. The summed E-state index contributed by atoms with van der Waals surface area (Å²) in [4.78, 5) is 0. The van der Waals surface area contributed by atoms with Crippen molar-refractivity contribution >= 4 is 0 Å². The molecule has 0 saturated heterocycles. The fourth-order valence-electron chi connectivity index (χ4n) is 3.48. The molecule has 2 N–H and O–H groups in total. The average molecular weight is 263 g/mol. The third-order valence-electron chi connectivity index (χ3n) is 4.72. The van der Waals surface area contributed by atoms with E-state index in [9.17, 15) is 0 Å². The SMILES string of the molecule is CCCC1CCC(C(N)CCc2cnn(C)c2)CC1. The van der Waals surface area contributed by atoms with E-state index in [0.717, 1.165) is 24.7 Å². The zero-order chi connectivity index (χ0) is 13.7. The van der Waals surface area contributed by atoms with Gasteiger partial charge in [0.15, 0.2) is 0 Å². The normalized spacial score (nSPS) is 25.4. The Bertz CT molecular complexity index is 364. The second-order valence-electron chi connectivity index (χ2n) is 6.29. The molecule has 1 saturated carbocycles. The van der Waals surface area contributed by atoms with E-state index < -0.39 is 0 Å². The molecule has 0 aromatic carbocycles. The molecule has 3 nitrogen and oxygen atoms in total. The van der Waals surface area contributed by atoms with Crippen molar-refractivity contribution in [2.45, 2.75) is 64.3 Å². The predicted octanol–water partition coefficient (Wildman–Crippen LogP) is 3.29. The number of aryl methyl sites for hydroxylation is 2. The van der Waals surface area contributed by atoms with Crippen LogP contribution in [0.25, 0.3) is 0 Å². The van der Waals surface area contributed by atoms with Crippen LogP contribution < -0.4 is 5.73 Å². The quantitative estimate of drug-likeness (QED) is 0.856. The summed E-state index contributed by atoms with van der Waals surface area (Å²) in [7, 11) is 1.97. The lowest BCUT2D eigenvalue weighted by atomic mass is 9.76. The van der Waals surface area contributed by atoms with Crippen LogP contribution >= 0.6 is 0 Å². The van der Waals surface area contributed by atoms with Crippen LogP contribution in [-0.2, 0) is 13.5 Å². The fourth-order valence-corrected chi connectivity index (χ4v) is 3.48. The van der Waals surface area contributed by atoms with Gasteiger partial charge in [0.05, 0.1) is 6.20 Å². The van der Waals surface area contributed by atoms with Gasteiger partial charge in [-0.1, -0.05) is 32.6 Å². The molecule has 2 rings (SSSR count). The number of hydrogen-bond acceptors (Lipinski definition) is 2. The lowest BCUT2D eigenvalue weighted by Crippen LogP contribution is -2.33. The molecule has 19 heavy (non-hydrogen) atoms. The van der Waals surface area contributed by atoms with Gasteiger partial charge in [0.25, 0.3) is 0 Å². The number of rotatable bonds is 6. The van der Waals surface area contributed by atoms with E-state index in [-0.39, 0.29) is 0 Å². The standard InChI is InChI=1S/C16H29N3/c1-3-4-13-5-8-15(9-6-13)16(17)10-7-14-11-18-19(2)12-14/h11-13,15-16H,3-10,17H2,1-2H3. The van der Waals surface area contributed by atoms with Crippen molar-refractivity contribution in [3.63, 3.8) is 0 Å². The Hall–Kier alpha value is -0.830. The molecule has 3 heteroatoms. The molecule has 0 spiro atoms. The molecule has 108 valence electrons. The van der Waals surface area contributed by atoms with E-state index in [1.54, 1.807) is 0 Å². The van der Waals surface area contributed by atoms with Gasteiger partial charge in [-0.2, -0.15) is 5.10 Å². The van der Waals surface area contributed by atoms with E-state index >= 15 is 0 Å². The molecule has 1 atom stereocenters. The Morgan fingerprint density at radius 3 is 2.68 bits per heavy atom. The first kappa shape index (κ1) is 14.6. The van der Waals surface area contributed by atoms with Gasteiger partial charge in [0.1, 0.15) is 0 Å². The van der Waals surface area contributed by atoms with Crippen molar-refractivity contribution in [3.05, 3.63) is 18.0 Å². The maximum atomic E-state index is 6.40. The minimum Gasteiger partial charge on any atom is -0.327 e. The highest BCUT2D eigenvalue weighted by molar-refractivity contribution is 5.04. The Morgan fingerprint density at radius 2 is 2.11 bits per heavy atom. The zero-order valence-corrected chi connectivity index (χ0v) is 12.5. The second-order valence-corrected chi connectivity index (χ2v) is 6.29. The molecule has 1 aromatic rings. The molecule has 0 bridgehead atoms. The second kappa shape index (κ2) is 7.09. The van der Waals surface area contributed by atoms with E-state index in [1.165, 1.54) is 44.1 Å². The van der Waals surface area contributed by atoms with Crippen LogP contribution in [0, 0.1) is 11.8 Å². The Kier molecular flexibility index (Phi) is 5.44. The van der Waals surface area contributed by atoms with Crippen LogP contribution in [0.3, 0.4) is 0 Å². The average Bonchev–Trinajstić information content (AvgIpc) is 2.83. The van der Waals surface area contributed by atoms with Crippen LogP contribution in [0.1, 0.15) is 57.4 Å². The Balaban J connectivity index is 1.70. The van der Waals surface area contributed by atoms with E-state index in [1.807, 2.05) is 17.9 Å². The molecule has 0 radical (unpaired) electrons. The van der Waals surface area contributed by atoms with Gasteiger partial charge in [0, 0.05) is 19.3 Å². The predicted molar refractivity (Wildman–Crippen MR) is 79.9 cm³/mol. The van der Waals surface area contributed by atoms with E-state index in [2.05, 4.69) is 18.2 Å². The maximum Gasteiger partial charge on any atom is 0.0521 e. The monoisotopic (exact) mass is 263 g/mol. The molecule has 1 aliphatic carbocycles. The van der Waals surface area contributed by atoms with Gasteiger partial charge in [-0.3, -0.25) is 4.68 Å². The number of nitrogens with two attached hydrogens (primary N) is 1. The van der Waals surface area contributed by atoms with Crippen molar-refractivity contribution in [2.75, 3.05) is 0 Å². The van der Waals surface area contributed by atoms with Gasteiger partial charge in [0.2, 0.25) is 0 Å². The highest BCUT2D eigenvalue weighted by Crippen LogP contribution is 2.33. The fraction of sp³-hybridized carbons (Fsp3) is 0.812. The minimum atomic E-state index is 0.378. The van der Waals surface area contributed by atoms with Crippen molar-refractivity contribution < 1.29 is 0 Å². The zero-order valence-electron chi connectivity index (χ0n) is 12.5. The van der Waals surface area contributed by atoms with Crippen LogP contribution in [0.2, 0.25) is 0 Å². The van der Waals surface area contributed by atoms with Crippen molar-refractivity contribution in [1.82, 2.24) is 9.78 Å². The first-order valence-corrected chi connectivity index (χ1v) is 7.92. The molecule has 1 unspecified atom stereocenters. The third kappa shape index (κ3) is 4.34. The molecule has 1 aromatic heterocycles.